The molecule has 3 rings (SSSR count). The predicted molar refractivity (Wildman–Crippen MR) is 96.6 cm³/mol. The van der Waals surface area contributed by atoms with Gasteiger partial charge in [0.2, 0.25) is 0 Å². The third-order valence-corrected chi connectivity index (χ3v) is 3.87. The van der Waals surface area contributed by atoms with Crippen LogP contribution in [0.25, 0.3) is 11.7 Å². The molecule has 0 unspecified atom stereocenters. The summed E-state index contributed by atoms with van der Waals surface area (Å²) in [5, 5.41) is 0. The van der Waals surface area contributed by atoms with Crippen LogP contribution in [0.2, 0.25) is 0 Å². The van der Waals surface area contributed by atoms with Crippen LogP contribution >= 0.6 is 0 Å². The summed E-state index contributed by atoms with van der Waals surface area (Å²) in [6.07, 6.45) is 1.74. The third kappa shape index (κ3) is 4.49. The second-order valence-electron chi connectivity index (χ2n) is 5.75. The van der Waals surface area contributed by atoms with E-state index in [4.69, 9.17) is 23.0 Å². The average Bonchev–Trinajstić information content (AvgIpc) is 3.30. The zero-order valence-corrected chi connectivity index (χ0v) is 15.5. The van der Waals surface area contributed by atoms with Gasteiger partial charge in [-0.25, -0.2) is 4.98 Å². The molecule has 0 spiro atoms. The van der Waals surface area contributed by atoms with Gasteiger partial charge in [-0.15, -0.1) is 0 Å². The van der Waals surface area contributed by atoms with E-state index in [0.29, 0.717) is 41.2 Å². The predicted octanol–water partition coefficient (Wildman–Crippen LogP) is 3.94. The van der Waals surface area contributed by atoms with Gasteiger partial charge in [0.1, 0.15) is 18.1 Å². The Morgan fingerprint density at radius 2 is 2.07 bits per heavy atom. The maximum Gasteiger partial charge on any atom is 0.310 e. The fourth-order valence-electron chi connectivity index (χ4n) is 2.53. The fraction of sp³-hybridized carbons (Fsp3) is 0.300. The topological polar surface area (TPSA) is 83.9 Å². The number of carbonyl (C=O) groups is 1. The Morgan fingerprint density at radius 3 is 2.78 bits per heavy atom. The lowest BCUT2D eigenvalue weighted by atomic mass is 10.1. The Labute approximate surface area is 156 Å². The normalized spacial score (nSPS) is 10.6. The summed E-state index contributed by atoms with van der Waals surface area (Å²) in [4.78, 5) is 16.0. The quantitative estimate of drug-likeness (QED) is 0.555. The van der Waals surface area contributed by atoms with Gasteiger partial charge in [-0.05, 0) is 43.7 Å². The zero-order valence-electron chi connectivity index (χ0n) is 15.5. The van der Waals surface area contributed by atoms with Gasteiger partial charge in [0.15, 0.2) is 17.3 Å². The summed E-state index contributed by atoms with van der Waals surface area (Å²) in [7, 11) is 1.55. The molecule has 0 saturated carbocycles. The average molecular weight is 371 g/mol. The summed E-state index contributed by atoms with van der Waals surface area (Å²) in [6.45, 7) is 4.16. The number of furan rings is 1. The van der Waals surface area contributed by atoms with Crippen molar-refractivity contribution in [2.75, 3.05) is 13.7 Å². The van der Waals surface area contributed by atoms with Crippen LogP contribution in [-0.4, -0.2) is 24.7 Å². The van der Waals surface area contributed by atoms with Crippen molar-refractivity contribution in [2.45, 2.75) is 26.9 Å². The highest BCUT2D eigenvalue weighted by atomic mass is 16.5. The van der Waals surface area contributed by atoms with Crippen molar-refractivity contribution >= 4 is 5.97 Å². The van der Waals surface area contributed by atoms with E-state index in [1.807, 2.05) is 6.92 Å². The number of nitrogens with zero attached hydrogens (tertiary/aromatic N) is 1. The van der Waals surface area contributed by atoms with Crippen molar-refractivity contribution in [1.82, 2.24) is 4.98 Å². The van der Waals surface area contributed by atoms with Gasteiger partial charge in [-0.1, -0.05) is 6.07 Å². The Bertz CT molecular complexity index is 897. The van der Waals surface area contributed by atoms with Crippen LogP contribution in [0.3, 0.4) is 0 Å². The summed E-state index contributed by atoms with van der Waals surface area (Å²) < 4.78 is 27.1. The Balaban J connectivity index is 1.70. The van der Waals surface area contributed by atoms with Crippen LogP contribution in [0.15, 0.2) is 45.4 Å². The minimum atomic E-state index is -0.281. The largest absolute Gasteiger partial charge is 0.493 e. The molecule has 2 heterocycles. The number of carbonyl (C=O) groups excluding carboxylic acids is 1. The van der Waals surface area contributed by atoms with Crippen molar-refractivity contribution < 1.29 is 27.8 Å². The number of ether oxygens (including phenoxy) is 3. The number of aryl methyl sites for hydroxylation is 1. The lowest BCUT2D eigenvalue weighted by Crippen LogP contribution is -2.07. The molecule has 3 aromatic rings. The van der Waals surface area contributed by atoms with Crippen LogP contribution < -0.4 is 9.47 Å². The van der Waals surface area contributed by atoms with Crippen LogP contribution in [-0.2, 0) is 22.6 Å². The van der Waals surface area contributed by atoms with E-state index in [-0.39, 0.29) is 19.0 Å². The number of oxazole rings is 1. The Morgan fingerprint density at radius 1 is 1.22 bits per heavy atom. The van der Waals surface area contributed by atoms with Gasteiger partial charge in [0.05, 0.1) is 26.4 Å². The summed E-state index contributed by atoms with van der Waals surface area (Å²) >= 11 is 0. The van der Waals surface area contributed by atoms with Gasteiger partial charge in [0, 0.05) is 0 Å². The monoisotopic (exact) mass is 371 g/mol. The number of aromatic nitrogens is 1. The number of rotatable bonds is 8. The first-order valence-corrected chi connectivity index (χ1v) is 8.56. The van der Waals surface area contributed by atoms with Gasteiger partial charge in [0.25, 0.3) is 5.89 Å². The van der Waals surface area contributed by atoms with Crippen molar-refractivity contribution in [3.8, 4) is 23.1 Å². The van der Waals surface area contributed by atoms with E-state index in [9.17, 15) is 4.79 Å². The van der Waals surface area contributed by atoms with E-state index in [2.05, 4.69) is 4.98 Å². The SMILES string of the molecule is CCOC(=O)Cc1ccc(OCc2nc(-c3ccco3)oc2C)c(OC)c1. The summed E-state index contributed by atoms with van der Waals surface area (Å²) in [5.74, 6) is 2.42. The number of methoxy groups -OCH3 is 1. The van der Waals surface area contributed by atoms with E-state index < -0.39 is 0 Å². The lowest BCUT2D eigenvalue weighted by molar-refractivity contribution is -0.142. The molecule has 7 nitrogen and oxygen atoms in total. The number of hydrogen-bond donors (Lipinski definition) is 0. The van der Waals surface area contributed by atoms with E-state index in [0.717, 1.165) is 5.56 Å². The van der Waals surface area contributed by atoms with Gasteiger partial charge >= 0.3 is 5.97 Å². The molecule has 0 saturated heterocycles. The molecule has 1 aromatic carbocycles. The molecular formula is C20H21NO6. The van der Waals surface area contributed by atoms with Gasteiger partial charge < -0.3 is 23.0 Å². The number of benzene rings is 1. The molecule has 2 aromatic heterocycles. The maximum atomic E-state index is 11.6. The smallest absolute Gasteiger partial charge is 0.310 e. The molecule has 0 aliphatic carbocycles. The minimum Gasteiger partial charge on any atom is -0.493 e. The van der Waals surface area contributed by atoms with Crippen molar-refractivity contribution in [3.05, 3.63) is 53.6 Å². The maximum absolute atomic E-state index is 11.6. The minimum absolute atomic E-state index is 0.180. The molecule has 0 amide bonds. The van der Waals surface area contributed by atoms with E-state index in [1.54, 1.807) is 50.6 Å². The fourth-order valence-corrected chi connectivity index (χ4v) is 2.53. The second kappa shape index (κ2) is 8.44. The highest BCUT2D eigenvalue weighted by Crippen LogP contribution is 2.30. The van der Waals surface area contributed by atoms with Crippen LogP contribution in [0.1, 0.15) is 23.9 Å². The molecule has 0 bridgehead atoms. The molecule has 27 heavy (non-hydrogen) atoms. The molecule has 142 valence electrons. The standard InChI is InChI=1S/C20H21NO6/c1-4-24-19(22)11-14-7-8-16(18(10-14)23-3)26-12-15-13(2)27-20(21-15)17-6-5-9-25-17/h5-10H,4,11-12H2,1-3H3. The summed E-state index contributed by atoms with van der Waals surface area (Å²) in [6, 6.07) is 8.88. The molecule has 0 aliphatic rings. The molecular weight excluding hydrogens is 350 g/mol. The van der Waals surface area contributed by atoms with E-state index >= 15 is 0 Å². The van der Waals surface area contributed by atoms with Crippen LogP contribution in [0.4, 0.5) is 0 Å². The molecule has 0 radical (unpaired) electrons. The second-order valence-corrected chi connectivity index (χ2v) is 5.75. The first kappa shape index (κ1) is 18.6. The molecule has 0 fully saturated rings. The van der Waals surface area contributed by atoms with Gasteiger partial charge in [-0.2, -0.15) is 0 Å². The molecule has 7 heteroatoms. The molecule has 0 aliphatic heterocycles. The van der Waals surface area contributed by atoms with Gasteiger partial charge in [-0.3, -0.25) is 4.79 Å². The Kier molecular flexibility index (Phi) is 5.80. The van der Waals surface area contributed by atoms with Crippen molar-refractivity contribution in [2.24, 2.45) is 0 Å². The highest BCUT2D eigenvalue weighted by Gasteiger charge is 2.15. The number of hydrogen-bond acceptors (Lipinski definition) is 7. The van der Waals surface area contributed by atoms with Crippen LogP contribution in [0.5, 0.6) is 11.5 Å². The first-order chi connectivity index (χ1) is 13.1. The zero-order chi connectivity index (χ0) is 19.2. The number of esters is 1. The first-order valence-electron chi connectivity index (χ1n) is 8.56. The summed E-state index contributed by atoms with van der Waals surface area (Å²) in [5.41, 5.74) is 1.45. The lowest BCUT2D eigenvalue weighted by Gasteiger charge is -2.11. The highest BCUT2D eigenvalue weighted by molar-refractivity contribution is 5.72. The van der Waals surface area contributed by atoms with E-state index in [1.165, 1.54) is 0 Å². The molecule has 0 N–H and O–H groups in total. The van der Waals surface area contributed by atoms with Crippen molar-refractivity contribution in [3.63, 3.8) is 0 Å². The molecule has 0 atom stereocenters. The third-order valence-electron chi connectivity index (χ3n) is 3.87. The Hall–Kier alpha value is -3.22. The van der Waals surface area contributed by atoms with Crippen LogP contribution in [0, 0.1) is 6.92 Å². The van der Waals surface area contributed by atoms with Crippen molar-refractivity contribution in [1.29, 1.82) is 0 Å².